The lowest BCUT2D eigenvalue weighted by atomic mass is 10.1. The molecule has 0 saturated carbocycles. The fourth-order valence-corrected chi connectivity index (χ4v) is 2.13. The molecule has 0 aliphatic carbocycles. The highest BCUT2D eigenvalue weighted by Crippen LogP contribution is 2.17. The number of carbonyl (C=O) groups is 2. The summed E-state index contributed by atoms with van der Waals surface area (Å²) >= 11 is 0. The molecule has 6 nitrogen and oxygen atoms in total. The molecular formula is C13H15FN2O4. The summed E-state index contributed by atoms with van der Waals surface area (Å²) in [5, 5.41) is 8.53. The lowest BCUT2D eigenvalue weighted by molar-refractivity contribution is -0.145. The number of hydrogen-bond acceptors (Lipinski definition) is 4. The number of aromatic nitrogens is 1. The van der Waals surface area contributed by atoms with Gasteiger partial charge in [0.05, 0.1) is 17.9 Å². The van der Waals surface area contributed by atoms with Gasteiger partial charge < -0.3 is 14.7 Å². The van der Waals surface area contributed by atoms with Crippen molar-refractivity contribution in [3.63, 3.8) is 0 Å². The molecule has 7 heteroatoms. The van der Waals surface area contributed by atoms with E-state index < -0.39 is 11.8 Å². The largest absolute Gasteiger partial charge is 0.480 e. The summed E-state index contributed by atoms with van der Waals surface area (Å²) in [7, 11) is 0. The fraction of sp³-hybridized carbons (Fsp3) is 0.462. The number of likely N-dealkylation sites (tertiary alicyclic amines) is 1. The molecule has 1 fully saturated rings. The summed E-state index contributed by atoms with van der Waals surface area (Å²) in [5.74, 6) is -2.02. The second-order valence-electron chi connectivity index (χ2n) is 4.55. The van der Waals surface area contributed by atoms with Crippen molar-refractivity contribution in [2.24, 2.45) is 0 Å². The van der Waals surface area contributed by atoms with E-state index in [1.807, 2.05) is 0 Å². The summed E-state index contributed by atoms with van der Waals surface area (Å²) in [4.78, 5) is 27.7. The lowest BCUT2D eigenvalue weighted by Gasteiger charge is -2.31. The van der Waals surface area contributed by atoms with E-state index in [2.05, 4.69) is 4.98 Å². The Hall–Kier alpha value is -2.02. The van der Waals surface area contributed by atoms with Gasteiger partial charge in [0, 0.05) is 19.3 Å². The maximum absolute atomic E-state index is 13.5. The second-order valence-corrected chi connectivity index (χ2v) is 4.55. The first-order valence-electron chi connectivity index (χ1n) is 6.30. The smallest absolute Gasteiger partial charge is 0.329 e. The normalized spacial score (nSPS) is 16.1. The minimum atomic E-state index is -1.01. The number of pyridine rings is 1. The number of carboxylic acids is 1. The number of amides is 1. The number of hydrogen-bond donors (Lipinski definition) is 1. The number of halogens is 1. The second kappa shape index (κ2) is 6.42. The number of ether oxygens (including phenoxy) is 1. The van der Waals surface area contributed by atoms with Crippen LogP contribution in [-0.4, -0.2) is 52.7 Å². The van der Waals surface area contributed by atoms with Crippen LogP contribution in [-0.2, 0) is 9.53 Å². The molecule has 2 rings (SSSR count). The molecule has 1 aliphatic heterocycles. The zero-order chi connectivity index (χ0) is 14.5. The monoisotopic (exact) mass is 282 g/mol. The van der Waals surface area contributed by atoms with Crippen molar-refractivity contribution in [1.82, 2.24) is 9.88 Å². The molecule has 1 aromatic heterocycles. The number of carboxylic acid groups (broad SMARTS) is 1. The van der Waals surface area contributed by atoms with Crippen LogP contribution in [0, 0.1) is 5.82 Å². The standard InChI is InChI=1S/C13H15FN2O4/c14-11-7-15-4-1-10(11)13(19)16-5-2-9(3-6-16)20-8-12(17)18/h1,4,7,9H,2-3,5-6,8H2,(H,17,18). The van der Waals surface area contributed by atoms with Crippen LogP contribution in [0.15, 0.2) is 18.5 Å². The first-order valence-corrected chi connectivity index (χ1v) is 6.30. The van der Waals surface area contributed by atoms with Gasteiger partial charge in [-0.1, -0.05) is 0 Å². The van der Waals surface area contributed by atoms with Gasteiger partial charge in [0.2, 0.25) is 0 Å². The van der Waals surface area contributed by atoms with Crippen molar-refractivity contribution in [2.45, 2.75) is 18.9 Å². The van der Waals surface area contributed by atoms with Gasteiger partial charge in [-0.15, -0.1) is 0 Å². The lowest BCUT2D eigenvalue weighted by Crippen LogP contribution is -2.41. The third kappa shape index (κ3) is 3.51. The number of carbonyl (C=O) groups excluding carboxylic acids is 1. The molecule has 1 saturated heterocycles. The Kier molecular flexibility index (Phi) is 4.62. The van der Waals surface area contributed by atoms with Gasteiger partial charge in [0.1, 0.15) is 6.61 Å². The molecule has 1 aromatic rings. The molecule has 0 radical (unpaired) electrons. The Balaban J connectivity index is 1.89. The molecule has 1 amide bonds. The van der Waals surface area contributed by atoms with Crippen LogP contribution in [0.4, 0.5) is 4.39 Å². The summed E-state index contributed by atoms with van der Waals surface area (Å²) < 4.78 is 18.7. The van der Waals surface area contributed by atoms with Crippen LogP contribution in [0.2, 0.25) is 0 Å². The quantitative estimate of drug-likeness (QED) is 0.888. The van der Waals surface area contributed by atoms with Gasteiger partial charge in [0.25, 0.3) is 5.91 Å². The van der Waals surface area contributed by atoms with Crippen LogP contribution in [0.1, 0.15) is 23.2 Å². The molecule has 2 heterocycles. The van der Waals surface area contributed by atoms with Crippen molar-refractivity contribution in [3.8, 4) is 0 Å². The van der Waals surface area contributed by atoms with Crippen LogP contribution in [0.5, 0.6) is 0 Å². The number of piperidine rings is 1. The molecule has 20 heavy (non-hydrogen) atoms. The summed E-state index contributed by atoms with van der Waals surface area (Å²) in [5.41, 5.74) is 0.00454. The highest BCUT2D eigenvalue weighted by atomic mass is 19.1. The molecule has 0 atom stereocenters. The van der Waals surface area contributed by atoms with E-state index in [-0.39, 0.29) is 24.2 Å². The van der Waals surface area contributed by atoms with Gasteiger partial charge in [-0.05, 0) is 18.9 Å². The van der Waals surface area contributed by atoms with Crippen molar-refractivity contribution >= 4 is 11.9 Å². The van der Waals surface area contributed by atoms with Crippen LogP contribution in [0.25, 0.3) is 0 Å². The third-order valence-corrected chi connectivity index (χ3v) is 3.17. The van der Waals surface area contributed by atoms with Gasteiger partial charge in [0.15, 0.2) is 5.82 Å². The summed E-state index contributed by atoms with van der Waals surface area (Å²) in [6, 6.07) is 1.35. The average Bonchev–Trinajstić information content (AvgIpc) is 2.45. The van der Waals surface area contributed by atoms with Crippen LogP contribution >= 0.6 is 0 Å². The first-order chi connectivity index (χ1) is 9.58. The molecule has 0 aromatic carbocycles. The number of rotatable bonds is 4. The van der Waals surface area contributed by atoms with Crippen molar-refractivity contribution in [3.05, 3.63) is 29.8 Å². The Morgan fingerprint density at radius 1 is 1.45 bits per heavy atom. The minimum Gasteiger partial charge on any atom is -0.480 e. The highest BCUT2D eigenvalue weighted by Gasteiger charge is 2.25. The van der Waals surface area contributed by atoms with Crippen LogP contribution in [0.3, 0.4) is 0 Å². The van der Waals surface area contributed by atoms with E-state index in [4.69, 9.17) is 9.84 Å². The maximum atomic E-state index is 13.5. The van der Waals surface area contributed by atoms with E-state index in [0.717, 1.165) is 6.20 Å². The van der Waals surface area contributed by atoms with E-state index in [1.165, 1.54) is 12.3 Å². The first kappa shape index (κ1) is 14.4. The molecule has 1 N–H and O–H groups in total. The fourth-order valence-electron chi connectivity index (χ4n) is 2.13. The van der Waals surface area contributed by atoms with Crippen molar-refractivity contribution in [2.75, 3.05) is 19.7 Å². The summed E-state index contributed by atoms with van der Waals surface area (Å²) in [6.07, 6.45) is 3.31. The summed E-state index contributed by atoms with van der Waals surface area (Å²) in [6.45, 7) is 0.507. The van der Waals surface area contributed by atoms with Crippen molar-refractivity contribution < 1.29 is 23.8 Å². The van der Waals surface area contributed by atoms with E-state index in [0.29, 0.717) is 25.9 Å². The molecule has 0 spiro atoms. The van der Waals surface area contributed by atoms with Crippen molar-refractivity contribution in [1.29, 1.82) is 0 Å². The SMILES string of the molecule is O=C(O)COC1CCN(C(=O)c2ccncc2F)CC1. The molecule has 0 unspecified atom stereocenters. The number of nitrogens with zero attached hydrogens (tertiary/aromatic N) is 2. The predicted octanol–water partition coefficient (Wildman–Crippen LogP) is 0.926. The Labute approximate surface area is 115 Å². The van der Waals surface area contributed by atoms with Gasteiger partial charge in [-0.2, -0.15) is 0 Å². The van der Waals surface area contributed by atoms with Gasteiger partial charge >= 0.3 is 5.97 Å². The zero-order valence-electron chi connectivity index (χ0n) is 10.8. The highest BCUT2D eigenvalue weighted by molar-refractivity contribution is 5.94. The van der Waals surface area contributed by atoms with Crippen LogP contribution < -0.4 is 0 Å². The Morgan fingerprint density at radius 3 is 2.75 bits per heavy atom. The Bertz CT molecular complexity index is 501. The molecular weight excluding hydrogens is 267 g/mol. The topological polar surface area (TPSA) is 79.7 Å². The number of aliphatic carboxylic acids is 1. The molecule has 1 aliphatic rings. The van der Waals surface area contributed by atoms with E-state index in [1.54, 1.807) is 4.90 Å². The van der Waals surface area contributed by atoms with Gasteiger partial charge in [-0.3, -0.25) is 9.78 Å². The van der Waals surface area contributed by atoms with Gasteiger partial charge in [-0.25, -0.2) is 9.18 Å². The van der Waals surface area contributed by atoms with E-state index in [9.17, 15) is 14.0 Å². The minimum absolute atomic E-state index is 0.00454. The Morgan fingerprint density at radius 2 is 2.15 bits per heavy atom. The third-order valence-electron chi connectivity index (χ3n) is 3.17. The zero-order valence-corrected chi connectivity index (χ0v) is 10.8. The van der Waals surface area contributed by atoms with E-state index >= 15 is 0 Å². The molecule has 108 valence electrons. The average molecular weight is 282 g/mol. The molecule has 0 bridgehead atoms. The predicted molar refractivity (Wildman–Crippen MR) is 66.7 cm³/mol. The maximum Gasteiger partial charge on any atom is 0.329 e.